The Morgan fingerprint density at radius 2 is 1.47 bits per heavy atom. The van der Waals surface area contributed by atoms with Crippen LogP contribution in [0.5, 0.6) is 28.9 Å². The summed E-state index contributed by atoms with van der Waals surface area (Å²) in [7, 11) is -0.693. The minimum atomic E-state index is -3.67. The summed E-state index contributed by atoms with van der Waals surface area (Å²) in [5, 5.41) is 7.00. The molecule has 0 aliphatic heterocycles. The van der Waals surface area contributed by atoms with E-state index in [-0.39, 0.29) is 48.4 Å². The summed E-state index contributed by atoms with van der Waals surface area (Å²) in [5.74, 6) is 1.34. The van der Waals surface area contributed by atoms with Crippen molar-refractivity contribution >= 4 is 43.9 Å². The van der Waals surface area contributed by atoms with Gasteiger partial charge < -0.3 is 43.8 Å². The second-order valence-corrected chi connectivity index (χ2v) is 16.1. The van der Waals surface area contributed by atoms with Crippen LogP contribution in [0, 0.1) is 0 Å². The largest absolute Gasteiger partial charge is 0.492 e. The summed E-state index contributed by atoms with van der Waals surface area (Å²) in [5.41, 5.74) is 1.82. The lowest BCUT2D eigenvalue weighted by atomic mass is 9.86. The minimum Gasteiger partial charge on any atom is -0.492 e. The molecule has 4 aromatic carbocycles. The van der Waals surface area contributed by atoms with Crippen LogP contribution in [-0.2, 0) is 36.1 Å². The summed E-state index contributed by atoms with van der Waals surface area (Å²) in [6, 6.07) is 19.5. The molecule has 0 aliphatic carbocycles. The van der Waals surface area contributed by atoms with E-state index >= 15 is 0 Å². The van der Waals surface area contributed by atoms with Crippen LogP contribution in [0.15, 0.2) is 79.0 Å². The van der Waals surface area contributed by atoms with Gasteiger partial charge in [-0.2, -0.15) is 13.8 Å². The topological polar surface area (TPSA) is 178 Å². The van der Waals surface area contributed by atoms with E-state index in [0.29, 0.717) is 65.8 Å². The second-order valence-electron chi connectivity index (χ2n) is 14.3. The number of amides is 2. The standard InChI is InChI=1S/C42H49F2N5O10S/c1-42(2,3)28-24-34(39(54-5)35(25-28)49-60(6,51)52)47-41(50)46-33-11-12-36(32-10-8-7-9-31(32)33)59-38-13-14-45-37(48-38)23-27-21-29(26-30(22-27)58-40(43)44)57-20-19-56-18-17-55-16-15-53-4/h7-14,21-22,24-26,40,49H,15-20,23H2,1-6H3,(H2,46,47,50). The van der Waals surface area contributed by atoms with E-state index in [4.69, 9.17) is 28.4 Å². The summed E-state index contributed by atoms with van der Waals surface area (Å²) in [6.07, 6.45) is 2.69. The van der Waals surface area contributed by atoms with Gasteiger partial charge in [0.15, 0.2) is 5.75 Å². The lowest BCUT2D eigenvalue weighted by Gasteiger charge is -2.24. The number of nitrogens with zero attached hydrogens (tertiary/aromatic N) is 2. The molecule has 3 N–H and O–H groups in total. The molecule has 60 heavy (non-hydrogen) atoms. The van der Waals surface area contributed by atoms with Crippen molar-refractivity contribution in [1.29, 1.82) is 0 Å². The zero-order chi connectivity index (χ0) is 43.3. The zero-order valence-corrected chi connectivity index (χ0v) is 35.0. The van der Waals surface area contributed by atoms with E-state index in [9.17, 15) is 22.0 Å². The molecular weight excluding hydrogens is 805 g/mol. The van der Waals surface area contributed by atoms with E-state index in [1.54, 1.807) is 43.5 Å². The van der Waals surface area contributed by atoms with Gasteiger partial charge in [0.25, 0.3) is 0 Å². The van der Waals surface area contributed by atoms with E-state index in [1.807, 2.05) is 45.0 Å². The number of rotatable bonds is 21. The number of anilines is 3. The number of benzene rings is 4. The fourth-order valence-corrected chi connectivity index (χ4v) is 6.43. The molecule has 0 unspecified atom stereocenters. The highest BCUT2D eigenvalue weighted by Gasteiger charge is 2.23. The van der Waals surface area contributed by atoms with Gasteiger partial charge in [-0.3, -0.25) is 4.72 Å². The first-order valence-electron chi connectivity index (χ1n) is 18.8. The van der Waals surface area contributed by atoms with Gasteiger partial charge in [0.2, 0.25) is 15.9 Å². The number of methoxy groups -OCH3 is 2. The maximum absolute atomic E-state index is 13.5. The number of carbonyl (C=O) groups is 1. The second kappa shape index (κ2) is 20.9. The highest BCUT2D eigenvalue weighted by Crippen LogP contribution is 2.40. The Morgan fingerprint density at radius 3 is 2.15 bits per heavy atom. The molecule has 0 radical (unpaired) electrons. The summed E-state index contributed by atoms with van der Waals surface area (Å²) < 4.78 is 91.2. The molecule has 322 valence electrons. The molecule has 0 fully saturated rings. The van der Waals surface area contributed by atoms with E-state index < -0.39 is 28.1 Å². The fraction of sp³-hybridized carbons (Fsp3) is 0.357. The maximum atomic E-state index is 13.5. The van der Waals surface area contributed by atoms with Crippen LogP contribution in [0.4, 0.5) is 30.6 Å². The number of alkyl halides is 2. The van der Waals surface area contributed by atoms with Gasteiger partial charge in [-0.05, 0) is 52.9 Å². The van der Waals surface area contributed by atoms with Crippen molar-refractivity contribution < 1.29 is 55.2 Å². The summed E-state index contributed by atoms with van der Waals surface area (Å²) >= 11 is 0. The molecule has 18 heteroatoms. The van der Waals surface area contributed by atoms with Gasteiger partial charge in [0, 0.05) is 42.6 Å². The van der Waals surface area contributed by atoms with Gasteiger partial charge in [-0.25, -0.2) is 18.2 Å². The Hall–Kier alpha value is -5.82. The Morgan fingerprint density at radius 1 is 0.800 bits per heavy atom. The number of nitrogens with one attached hydrogen (secondary N) is 3. The SMILES string of the molecule is COCCOCCOCCOc1cc(Cc2nccc(Oc3ccc(NC(=O)Nc4cc(C(C)(C)C)cc(NS(C)(=O)=O)c4OC)c4ccccc34)n2)cc(OC(F)F)c1. The number of aromatic nitrogens is 2. The molecule has 0 atom stereocenters. The minimum absolute atomic E-state index is 0.0857. The molecule has 0 saturated heterocycles. The van der Waals surface area contributed by atoms with Crippen LogP contribution < -0.4 is 34.3 Å². The van der Waals surface area contributed by atoms with Gasteiger partial charge in [-0.15, -0.1) is 0 Å². The fourth-order valence-electron chi connectivity index (χ4n) is 5.88. The number of halogens is 2. The van der Waals surface area contributed by atoms with Crippen LogP contribution in [0.3, 0.4) is 0 Å². The third-order valence-corrected chi connectivity index (χ3v) is 9.15. The number of hydrogen-bond acceptors (Lipinski definition) is 12. The van der Waals surface area contributed by atoms with Gasteiger partial charge >= 0.3 is 12.6 Å². The predicted octanol–water partition coefficient (Wildman–Crippen LogP) is 7.99. The number of carbonyl (C=O) groups excluding carboxylic acids is 1. The van der Waals surface area contributed by atoms with E-state index in [0.717, 1.165) is 11.8 Å². The average molecular weight is 854 g/mol. The third kappa shape index (κ3) is 13.6. The van der Waals surface area contributed by atoms with Crippen LogP contribution >= 0.6 is 0 Å². The summed E-state index contributed by atoms with van der Waals surface area (Å²) in [6.45, 7) is 4.96. The number of hydrogen-bond donors (Lipinski definition) is 3. The highest BCUT2D eigenvalue weighted by atomic mass is 32.2. The van der Waals surface area contributed by atoms with Crippen molar-refractivity contribution in [2.24, 2.45) is 0 Å². The molecule has 5 aromatic rings. The lowest BCUT2D eigenvalue weighted by molar-refractivity contribution is -0.0500. The lowest BCUT2D eigenvalue weighted by Crippen LogP contribution is -2.22. The molecule has 2 amide bonds. The predicted molar refractivity (Wildman–Crippen MR) is 224 cm³/mol. The Bertz CT molecular complexity index is 2340. The quantitative estimate of drug-likeness (QED) is 0.0607. The molecule has 1 aromatic heterocycles. The van der Waals surface area contributed by atoms with Gasteiger partial charge in [-0.1, -0.05) is 45.0 Å². The van der Waals surface area contributed by atoms with Crippen LogP contribution in [-0.4, -0.2) is 91.1 Å². The molecule has 0 saturated carbocycles. The summed E-state index contributed by atoms with van der Waals surface area (Å²) in [4.78, 5) is 22.4. The molecule has 0 bridgehead atoms. The van der Waals surface area contributed by atoms with E-state index in [2.05, 4.69) is 30.1 Å². The number of ether oxygens (including phenoxy) is 7. The Kier molecular flexibility index (Phi) is 15.8. The molecule has 0 spiro atoms. The molecule has 5 rings (SSSR count). The van der Waals surface area contributed by atoms with Crippen LogP contribution in [0.25, 0.3) is 10.8 Å². The Balaban J connectivity index is 1.30. The van der Waals surface area contributed by atoms with Crippen molar-refractivity contribution in [3.05, 3.63) is 95.9 Å². The van der Waals surface area contributed by atoms with E-state index in [1.165, 1.54) is 25.4 Å². The molecule has 0 aliphatic rings. The first-order chi connectivity index (χ1) is 28.6. The highest BCUT2D eigenvalue weighted by molar-refractivity contribution is 7.92. The number of sulfonamides is 1. The van der Waals surface area contributed by atoms with Crippen LogP contribution in [0.2, 0.25) is 0 Å². The van der Waals surface area contributed by atoms with Gasteiger partial charge in [0.05, 0.1) is 63.5 Å². The number of fused-ring (bicyclic) bond motifs is 1. The third-order valence-electron chi connectivity index (χ3n) is 8.56. The Labute approximate surface area is 347 Å². The van der Waals surface area contributed by atoms with Crippen molar-refractivity contribution in [2.45, 2.75) is 39.2 Å². The monoisotopic (exact) mass is 853 g/mol. The van der Waals surface area contributed by atoms with Crippen molar-refractivity contribution in [3.63, 3.8) is 0 Å². The zero-order valence-electron chi connectivity index (χ0n) is 34.2. The maximum Gasteiger partial charge on any atom is 0.387 e. The van der Waals surface area contributed by atoms with Crippen molar-refractivity contribution in [1.82, 2.24) is 9.97 Å². The van der Waals surface area contributed by atoms with Crippen molar-refractivity contribution in [2.75, 3.05) is 75.5 Å². The molecular formula is C42H49F2N5O10S. The molecule has 15 nitrogen and oxygen atoms in total. The van der Waals surface area contributed by atoms with Crippen molar-refractivity contribution in [3.8, 4) is 28.9 Å². The first kappa shape index (κ1) is 45.3. The first-order valence-corrected chi connectivity index (χ1v) is 20.7. The van der Waals surface area contributed by atoms with Gasteiger partial charge in [0.1, 0.15) is 29.7 Å². The van der Waals surface area contributed by atoms with Crippen LogP contribution in [0.1, 0.15) is 37.7 Å². The smallest absolute Gasteiger partial charge is 0.387 e. The average Bonchev–Trinajstić information content (AvgIpc) is 3.17. The normalized spacial score (nSPS) is 11.7. The molecule has 1 heterocycles. The number of urea groups is 1.